The van der Waals surface area contributed by atoms with Gasteiger partial charge in [-0.2, -0.15) is 0 Å². The molecule has 20 heavy (non-hydrogen) atoms. The van der Waals surface area contributed by atoms with Gasteiger partial charge in [0.1, 0.15) is 0 Å². The monoisotopic (exact) mass is 294 g/mol. The summed E-state index contributed by atoms with van der Waals surface area (Å²) in [6.07, 6.45) is 1.27. The molecule has 1 amide bonds. The fourth-order valence-electron chi connectivity index (χ4n) is 3.01. The number of rotatable bonds is 1. The minimum atomic E-state index is -3.01. The van der Waals surface area contributed by atoms with Gasteiger partial charge in [0.25, 0.3) is 0 Å². The fraction of sp³-hybridized carbons (Fsp3) is 0.500. The SMILES string of the molecule is Nc1ccc2c(c1)CN(C(=O)C1CCS(=O)(=O)C1)CC2. The molecule has 0 spiro atoms. The number of sulfone groups is 1. The van der Waals surface area contributed by atoms with E-state index in [9.17, 15) is 13.2 Å². The summed E-state index contributed by atoms with van der Waals surface area (Å²) in [4.78, 5) is 14.2. The third-order valence-electron chi connectivity index (χ3n) is 4.14. The van der Waals surface area contributed by atoms with Crippen LogP contribution >= 0.6 is 0 Å². The summed E-state index contributed by atoms with van der Waals surface area (Å²) in [7, 11) is -3.01. The Kier molecular flexibility index (Phi) is 3.20. The highest BCUT2D eigenvalue weighted by Crippen LogP contribution is 2.26. The lowest BCUT2D eigenvalue weighted by atomic mass is 9.97. The van der Waals surface area contributed by atoms with E-state index in [2.05, 4.69) is 0 Å². The van der Waals surface area contributed by atoms with Crippen molar-refractivity contribution in [2.24, 2.45) is 5.92 Å². The topological polar surface area (TPSA) is 80.5 Å². The Morgan fingerprint density at radius 2 is 2.10 bits per heavy atom. The maximum Gasteiger partial charge on any atom is 0.227 e. The second-order valence-corrected chi connectivity index (χ2v) is 7.87. The molecule has 3 rings (SSSR count). The molecule has 0 aromatic heterocycles. The van der Waals surface area contributed by atoms with E-state index in [-0.39, 0.29) is 23.3 Å². The number of hydrogen-bond acceptors (Lipinski definition) is 4. The van der Waals surface area contributed by atoms with Crippen molar-refractivity contribution in [3.63, 3.8) is 0 Å². The third kappa shape index (κ3) is 2.52. The van der Waals surface area contributed by atoms with Gasteiger partial charge in [0.2, 0.25) is 5.91 Å². The molecule has 1 atom stereocenters. The van der Waals surface area contributed by atoms with E-state index in [1.165, 1.54) is 5.56 Å². The van der Waals surface area contributed by atoms with Gasteiger partial charge in [0.05, 0.1) is 17.4 Å². The van der Waals surface area contributed by atoms with Gasteiger partial charge in [-0.15, -0.1) is 0 Å². The fourth-order valence-corrected chi connectivity index (χ4v) is 4.75. The number of nitrogens with zero attached hydrogens (tertiary/aromatic N) is 1. The maximum absolute atomic E-state index is 12.4. The average Bonchev–Trinajstić information content (AvgIpc) is 2.77. The lowest BCUT2D eigenvalue weighted by Gasteiger charge is -2.30. The summed E-state index contributed by atoms with van der Waals surface area (Å²) >= 11 is 0. The average molecular weight is 294 g/mol. The van der Waals surface area contributed by atoms with Gasteiger partial charge in [0.15, 0.2) is 9.84 Å². The van der Waals surface area contributed by atoms with Crippen LogP contribution in [0.3, 0.4) is 0 Å². The van der Waals surface area contributed by atoms with Gasteiger partial charge in [-0.1, -0.05) is 6.07 Å². The molecule has 5 nitrogen and oxygen atoms in total. The predicted octanol–water partition coefficient (Wildman–Crippen LogP) is 0.588. The van der Waals surface area contributed by atoms with E-state index in [1.807, 2.05) is 18.2 Å². The Labute approximate surface area is 118 Å². The Bertz CT molecular complexity index is 654. The highest BCUT2D eigenvalue weighted by atomic mass is 32.2. The Morgan fingerprint density at radius 3 is 2.80 bits per heavy atom. The molecule has 2 aliphatic rings. The first-order valence-corrected chi connectivity index (χ1v) is 8.63. The smallest absolute Gasteiger partial charge is 0.227 e. The van der Waals surface area contributed by atoms with Gasteiger partial charge in [-0.3, -0.25) is 4.79 Å². The first kappa shape index (κ1) is 13.4. The van der Waals surface area contributed by atoms with E-state index in [1.54, 1.807) is 4.90 Å². The van der Waals surface area contributed by atoms with Crippen LogP contribution in [-0.4, -0.2) is 37.3 Å². The van der Waals surface area contributed by atoms with Crippen molar-refractivity contribution in [3.05, 3.63) is 29.3 Å². The number of fused-ring (bicyclic) bond motifs is 1. The number of nitrogen functional groups attached to an aromatic ring is 1. The van der Waals surface area contributed by atoms with Gasteiger partial charge in [0, 0.05) is 18.8 Å². The summed E-state index contributed by atoms with van der Waals surface area (Å²) in [6.45, 7) is 1.20. The van der Waals surface area contributed by atoms with Crippen LogP contribution in [-0.2, 0) is 27.6 Å². The molecule has 1 saturated heterocycles. The number of carbonyl (C=O) groups excluding carboxylic acids is 1. The molecule has 108 valence electrons. The molecule has 1 aromatic rings. The summed E-state index contributed by atoms with van der Waals surface area (Å²) in [5.74, 6) is -0.242. The summed E-state index contributed by atoms with van der Waals surface area (Å²) in [5.41, 5.74) is 8.77. The van der Waals surface area contributed by atoms with Crippen molar-refractivity contribution in [1.29, 1.82) is 0 Å². The quantitative estimate of drug-likeness (QED) is 0.769. The number of nitrogens with two attached hydrogens (primary N) is 1. The lowest BCUT2D eigenvalue weighted by molar-refractivity contribution is -0.135. The highest BCUT2D eigenvalue weighted by molar-refractivity contribution is 7.91. The van der Waals surface area contributed by atoms with Gasteiger partial charge < -0.3 is 10.6 Å². The molecule has 0 radical (unpaired) electrons. The minimum Gasteiger partial charge on any atom is -0.399 e. The van der Waals surface area contributed by atoms with Gasteiger partial charge >= 0.3 is 0 Å². The molecule has 1 unspecified atom stereocenters. The van der Waals surface area contributed by atoms with E-state index < -0.39 is 9.84 Å². The van der Waals surface area contributed by atoms with E-state index >= 15 is 0 Å². The molecular weight excluding hydrogens is 276 g/mol. The molecule has 6 heteroatoms. The largest absolute Gasteiger partial charge is 0.399 e. The molecule has 1 fully saturated rings. The molecule has 2 aliphatic heterocycles. The number of hydrogen-bond donors (Lipinski definition) is 1. The zero-order valence-corrected chi connectivity index (χ0v) is 12.0. The molecule has 2 heterocycles. The van der Waals surface area contributed by atoms with E-state index in [0.29, 0.717) is 25.2 Å². The van der Waals surface area contributed by atoms with Crippen LogP contribution < -0.4 is 5.73 Å². The second-order valence-electron chi connectivity index (χ2n) is 5.64. The van der Waals surface area contributed by atoms with Crippen molar-refractivity contribution in [1.82, 2.24) is 4.90 Å². The van der Waals surface area contributed by atoms with Gasteiger partial charge in [-0.05, 0) is 36.1 Å². The summed E-state index contributed by atoms with van der Waals surface area (Å²) in [6, 6.07) is 5.78. The molecular formula is C14H18N2O3S. The minimum absolute atomic E-state index is 0.00607. The zero-order chi connectivity index (χ0) is 14.3. The first-order valence-electron chi connectivity index (χ1n) is 6.81. The Morgan fingerprint density at radius 1 is 1.30 bits per heavy atom. The normalized spacial score (nSPS) is 24.4. The van der Waals surface area contributed by atoms with Crippen molar-refractivity contribution < 1.29 is 13.2 Å². The maximum atomic E-state index is 12.4. The van der Waals surface area contributed by atoms with Crippen molar-refractivity contribution >= 4 is 21.4 Å². The van der Waals surface area contributed by atoms with Crippen LogP contribution in [0.4, 0.5) is 5.69 Å². The molecule has 2 N–H and O–H groups in total. The van der Waals surface area contributed by atoms with Crippen molar-refractivity contribution in [3.8, 4) is 0 Å². The number of amides is 1. The number of anilines is 1. The summed E-state index contributed by atoms with van der Waals surface area (Å²) < 4.78 is 23.0. The Hall–Kier alpha value is -1.56. The summed E-state index contributed by atoms with van der Waals surface area (Å²) in [5, 5.41) is 0. The van der Waals surface area contributed by atoms with Crippen LogP contribution in [0.2, 0.25) is 0 Å². The predicted molar refractivity (Wildman–Crippen MR) is 76.7 cm³/mol. The first-order chi connectivity index (χ1) is 9.44. The molecule has 0 saturated carbocycles. The lowest BCUT2D eigenvalue weighted by Crippen LogP contribution is -2.40. The number of benzene rings is 1. The van der Waals surface area contributed by atoms with Crippen molar-refractivity contribution in [2.75, 3.05) is 23.8 Å². The van der Waals surface area contributed by atoms with Gasteiger partial charge in [-0.25, -0.2) is 8.42 Å². The highest BCUT2D eigenvalue weighted by Gasteiger charge is 2.36. The molecule has 0 aliphatic carbocycles. The van der Waals surface area contributed by atoms with Crippen LogP contribution in [0.5, 0.6) is 0 Å². The standard InChI is InChI=1S/C14H18N2O3S/c15-13-2-1-10-3-5-16(8-12(10)7-13)14(17)11-4-6-20(18,19)9-11/h1-2,7,11H,3-6,8-9,15H2. The molecule has 0 bridgehead atoms. The van der Waals surface area contributed by atoms with Crippen molar-refractivity contribution in [2.45, 2.75) is 19.4 Å². The van der Waals surface area contributed by atoms with E-state index in [4.69, 9.17) is 5.73 Å². The third-order valence-corrected chi connectivity index (χ3v) is 5.90. The van der Waals surface area contributed by atoms with Crippen LogP contribution in [0.25, 0.3) is 0 Å². The number of carbonyl (C=O) groups is 1. The van der Waals surface area contributed by atoms with Crippen LogP contribution in [0, 0.1) is 5.92 Å². The van der Waals surface area contributed by atoms with Crippen LogP contribution in [0.1, 0.15) is 17.5 Å². The second kappa shape index (κ2) is 4.77. The molecule has 1 aromatic carbocycles. The van der Waals surface area contributed by atoms with E-state index in [0.717, 1.165) is 12.0 Å². The van der Waals surface area contributed by atoms with Crippen LogP contribution in [0.15, 0.2) is 18.2 Å². The zero-order valence-electron chi connectivity index (χ0n) is 11.2. The Balaban J connectivity index is 1.75.